The molecule has 1 unspecified atom stereocenters. The van der Waals surface area contributed by atoms with Gasteiger partial charge in [-0.25, -0.2) is 0 Å². The lowest BCUT2D eigenvalue weighted by Gasteiger charge is -2.23. The monoisotopic (exact) mass is 323 g/mol. The molecule has 0 saturated heterocycles. The minimum absolute atomic E-state index is 0.155. The van der Waals surface area contributed by atoms with E-state index in [1.54, 1.807) is 6.07 Å². The second-order valence-corrected chi connectivity index (χ2v) is 6.31. The van der Waals surface area contributed by atoms with Gasteiger partial charge in [-0.3, -0.25) is 4.79 Å². The Morgan fingerprint density at radius 1 is 1.38 bits per heavy atom. The predicted octanol–water partition coefficient (Wildman–Crippen LogP) is 3.48. The van der Waals surface area contributed by atoms with Crippen molar-refractivity contribution in [2.75, 3.05) is 11.9 Å². The maximum absolute atomic E-state index is 12.2. The molecular weight excluding hydrogens is 302 g/mol. The van der Waals surface area contributed by atoms with Crippen LogP contribution in [0, 0.1) is 0 Å². The van der Waals surface area contributed by atoms with Gasteiger partial charge in [0, 0.05) is 28.3 Å². The molecule has 5 nitrogen and oxygen atoms in total. The van der Waals surface area contributed by atoms with Gasteiger partial charge in [0.1, 0.15) is 6.26 Å². The zero-order valence-electron chi connectivity index (χ0n) is 13.7. The Labute approximate surface area is 140 Å². The van der Waals surface area contributed by atoms with Crippen molar-refractivity contribution in [3.05, 3.63) is 53.6 Å². The average molecular weight is 323 g/mol. The summed E-state index contributed by atoms with van der Waals surface area (Å²) in [4.78, 5) is 15.7. The molecule has 3 aromatic rings. The van der Waals surface area contributed by atoms with Gasteiger partial charge in [0.15, 0.2) is 0 Å². The second kappa shape index (κ2) is 6.17. The summed E-state index contributed by atoms with van der Waals surface area (Å²) in [7, 11) is 0. The molecule has 5 heteroatoms. The Morgan fingerprint density at radius 2 is 2.29 bits per heavy atom. The molecule has 0 bridgehead atoms. The minimum atomic E-state index is -0.155. The van der Waals surface area contributed by atoms with Gasteiger partial charge in [0.25, 0.3) is 5.91 Å². The number of aromatic amines is 1. The summed E-state index contributed by atoms with van der Waals surface area (Å²) in [6, 6.07) is 8.24. The molecule has 0 aliphatic heterocycles. The summed E-state index contributed by atoms with van der Waals surface area (Å²) in [5.41, 5.74) is 5.18. The van der Waals surface area contributed by atoms with Crippen molar-refractivity contribution in [2.24, 2.45) is 0 Å². The lowest BCUT2D eigenvalue weighted by atomic mass is 9.91. The van der Waals surface area contributed by atoms with Gasteiger partial charge in [-0.15, -0.1) is 0 Å². The van der Waals surface area contributed by atoms with E-state index < -0.39 is 0 Å². The number of anilines is 1. The quantitative estimate of drug-likeness (QED) is 0.688. The number of nitrogens with one attached hydrogen (secondary N) is 3. The van der Waals surface area contributed by atoms with Crippen LogP contribution in [-0.2, 0) is 12.8 Å². The number of benzene rings is 1. The van der Waals surface area contributed by atoms with E-state index in [1.165, 1.54) is 29.2 Å². The van der Waals surface area contributed by atoms with Crippen molar-refractivity contribution in [1.82, 2.24) is 10.3 Å². The van der Waals surface area contributed by atoms with Crippen LogP contribution in [0.2, 0.25) is 0 Å². The third-order valence-corrected chi connectivity index (χ3v) is 4.72. The fourth-order valence-electron chi connectivity index (χ4n) is 3.55. The number of H-pyrrole nitrogens is 1. The van der Waals surface area contributed by atoms with Crippen molar-refractivity contribution >= 4 is 22.5 Å². The maximum Gasteiger partial charge on any atom is 0.258 e. The van der Waals surface area contributed by atoms with Crippen molar-refractivity contribution in [3.8, 4) is 0 Å². The third-order valence-electron chi connectivity index (χ3n) is 4.72. The molecule has 3 N–H and O–H groups in total. The summed E-state index contributed by atoms with van der Waals surface area (Å²) in [6.45, 7) is 3.14. The van der Waals surface area contributed by atoms with Crippen LogP contribution in [0.1, 0.15) is 35.0 Å². The number of carbonyl (C=O) groups is 1. The van der Waals surface area contributed by atoms with Crippen molar-refractivity contribution in [2.45, 2.75) is 32.2 Å². The van der Waals surface area contributed by atoms with Gasteiger partial charge in [-0.1, -0.05) is 6.92 Å². The van der Waals surface area contributed by atoms with Crippen LogP contribution >= 0.6 is 0 Å². The van der Waals surface area contributed by atoms with Gasteiger partial charge < -0.3 is 20.0 Å². The highest BCUT2D eigenvalue weighted by Crippen LogP contribution is 2.31. The van der Waals surface area contributed by atoms with Gasteiger partial charge in [0.05, 0.1) is 11.8 Å². The van der Waals surface area contributed by atoms with E-state index in [9.17, 15) is 4.79 Å². The molecule has 0 saturated carbocycles. The predicted molar refractivity (Wildman–Crippen MR) is 94.4 cm³/mol. The van der Waals surface area contributed by atoms with Gasteiger partial charge in [-0.05, 0) is 55.6 Å². The third kappa shape index (κ3) is 2.71. The highest BCUT2D eigenvalue weighted by atomic mass is 16.3. The maximum atomic E-state index is 12.2. The number of amides is 1. The number of furan rings is 1. The van der Waals surface area contributed by atoms with E-state index in [0.717, 1.165) is 37.0 Å². The summed E-state index contributed by atoms with van der Waals surface area (Å²) < 4.78 is 4.97. The molecule has 0 radical (unpaired) electrons. The van der Waals surface area contributed by atoms with Gasteiger partial charge in [-0.2, -0.15) is 0 Å². The first-order valence-corrected chi connectivity index (χ1v) is 8.45. The Hall–Kier alpha value is -2.53. The van der Waals surface area contributed by atoms with E-state index in [1.807, 2.05) is 12.1 Å². The fourth-order valence-corrected chi connectivity index (χ4v) is 3.55. The van der Waals surface area contributed by atoms with Crippen LogP contribution in [0.25, 0.3) is 10.9 Å². The molecule has 0 spiro atoms. The molecule has 4 rings (SSSR count). The van der Waals surface area contributed by atoms with Crippen LogP contribution in [0.3, 0.4) is 0 Å². The molecule has 1 amide bonds. The first kappa shape index (κ1) is 15.0. The number of carbonyl (C=O) groups excluding carboxylic acids is 1. The zero-order chi connectivity index (χ0) is 16.5. The summed E-state index contributed by atoms with van der Waals surface area (Å²) in [5, 5.41) is 7.70. The molecule has 1 aliphatic carbocycles. The van der Waals surface area contributed by atoms with Crippen LogP contribution in [0.5, 0.6) is 0 Å². The summed E-state index contributed by atoms with van der Waals surface area (Å²) in [6.07, 6.45) is 6.22. The number of aromatic nitrogens is 1. The Morgan fingerprint density at radius 3 is 3.08 bits per heavy atom. The molecule has 124 valence electrons. The lowest BCUT2D eigenvalue weighted by molar-refractivity contribution is 0.102. The van der Waals surface area contributed by atoms with E-state index >= 15 is 0 Å². The highest BCUT2D eigenvalue weighted by molar-refractivity contribution is 6.05. The molecular formula is C19H21N3O2. The number of hydrogen-bond donors (Lipinski definition) is 3. The second-order valence-electron chi connectivity index (χ2n) is 6.31. The van der Waals surface area contributed by atoms with Crippen LogP contribution in [-0.4, -0.2) is 23.5 Å². The van der Waals surface area contributed by atoms with E-state index in [4.69, 9.17) is 4.42 Å². The topological polar surface area (TPSA) is 70.1 Å². The zero-order valence-corrected chi connectivity index (χ0v) is 13.7. The lowest BCUT2D eigenvalue weighted by Crippen LogP contribution is -2.34. The fraction of sp³-hybridized carbons (Fsp3) is 0.316. The first-order valence-electron chi connectivity index (χ1n) is 8.45. The number of rotatable bonds is 4. The smallest absolute Gasteiger partial charge is 0.258 e. The Bertz CT molecular complexity index is 864. The van der Waals surface area contributed by atoms with Crippen molar-refractivity contribution in [3.63, 3.8) is 0 Å². The van der Waals surface area contributed by atoms with Crippen LogP contribution in [0.4, 0.5) is 5.69 Å². The standard InChI is InChI=1S/C19H21N3O2/c1-2-20-13-3-5-17-15(9-13)16-10-14(4-6-18(16)22-17)21-19(23)12-7-8-24-11-12/h4,6-8,10-11,13,20,22H,2-3,5,9H2,1H3,(H,21,23). The average Bonchev–Trinajstić information content (AvgIpc) is 3.23. The number of fused-ring (bicyclic) bond motifs is 3. The number of aryl methyl sites for hydroxylation is 1. The first-order chi connectivity index (χ1) is 11.7. The van der Waals surface area contributed by atoms with Crippen molar-refractivity contribution < 1.29 is 9.21 Å². The molecule has 1 atom stereocenters. The van der Waals surface area contributed by atoms with E-state index in [2.05, 4.69) is 28.6 Å². The van der Waals surface area contributed by atoms with Crippen molar-refractivity contribution in [1.29, 1.82) is 0 Å². The summed E-state index contributed by atoms with van der Waals surface area (Å²) >= 11 is 0. The SMILES string of the molecule is CCNC1CCc2[nH]c3ccc(NC(=O)c4ccoc4)cc3c2C1. The number of likely N-dealkylation sites (N-methyl/N-ethyl adjacent to an activating group) is 1. The minimum Gasteiger partial charge on any atom is -0.472 e. The largest absolute Gasteiger partial charge is 0.472 e. The molecule has 0 fully saturated rings. The van der Waals surface area contributed by atoms with E-state index in [0.29, 0.717) is 11.6 Å². The normalized spacial score (nSPS) is 17.0. The summed E-state index contributed by atoms with van der Waals surface area (Å²) in [5.74, 6) is -0.155. The molecule has 2 aromatic heterocycles. The molecule has 2 heterocycles. The Kier molecular flexibility index (Phi) is 3.86. The van der Waals surface area contributed by atoms with Gasteiger partial charge >= 0.3 is 0 Å². The molecule has 1 aromatic carbocycles. The van der Waals surface area contributed by atoms with Crippen LogP contribution in [0.15, 0.2) is 41.2 Å². The Balaban J connectivity index is 1.63. The van der Waals surface area contributed by atoms with Crippen LogP contribution < -0.4 is 10.6 Å². The molecule has 1 aliphatic rings. The van der Waals surface area contributed by atoms with Gasteiger partial charge in [0.2, 0.25) is 0 Å². The molecule has 24 heavy (non-hydrogen) atoms. The highest BCUT2D eigenvalue weighted by Gasteiger charge is 2.22. The van der Waals surface area contributed by atoms with E-state index in [-0.39, 0.29) is 5.91 Å². The number of hydrogen-bond acceptors (Lipinski definition) is 3.